The van der Waals surface area contributed by atoms with Crippen molar-refractivity contribution in [3.8, 4) is 0 Å². The second kappa shape index (κ2) is 6.08. The number of sulfonamides is 1. The van der Waals surface area contributed by atoms with Gasteiger partial charge in [0.15, 0.2) is 0 Å². The fourth-order valence-corrected chi connectivity index (χ4v) is 5.16. The molecule has 1 heterocycles. The van der Waals surface area contributed by atoms with Crippen molar-refractivity contribution in [3.05, 3.63) is 14.7 Å². The third-order valence-corrected chi connectivity index (χ3v) is 5.87. The highest BCUT2D eigenvalue weighted by molar-refractivity contribution is 9.11. The number of alkyl halides is 3. The summed E-state index contributed by atoms with van der Waals surface area (Å²) >= 11 is 4.02. The Labute approximate surface area is 120 Å². The summed E-state index contributed by atoms with van der Waals surface area (Å²) in [5, 5.41) is 8.90. The molecule has 0 radical (unpaired) electrons. The summed E-state index contributed by atoms with van der Waals surface area (Å²) in [6.45, 7) is 0.801. The van der Waals surface area contributed by atoms with Crippen molar-refractivity contribution in [1.82, 2.24) is 4.72 Å². The van der Waals surface area contributed by atoms with Gasteiger partial charge in [0, 0.05) is 10.9 Å². The molecule has 1 aromatic rings. The van der Waals surface area contributed by atoms with Crippen LogP contribution in [0.15, 0.2) is 14.7 Å². The zero-order valence-corrected chi connectivity index (χ0v) is 12.9. The van der Waals surface area contributed by atoms with Crippen LogP contribution in [0.1, 0.15) is 18.2 Å². The first kappa shape index (κ1) is 16.9. The van der Waals surface area contributed by atoms with E-state index >= 15 is 0 Å². The van der Waals surface area contributed by atoms with E-state index in [9.17, 15) is 21.6 Å². The van der Waals surface area contributed by atoms with Gasteiger partial charge < -0.3 is 5.11 Å². The van der Waals surface area contributed by atoms with Crippen molar-refractivity contribution < 1.29 is 26.7 Å². The van der Waals surface area contributed by atoms with Crippen molar-refractivity contribution in [1.29, 1.82) is 0 Å². The molecule has 2 N–H and O–H groups in total. The van der Waals surface area contributed by atoms with Gasteiger partial charge in [-0.05, 0) is 28.9 Å². The molecule has 1 atom stereocenters. The van der Waals surface area contributed by atoms with Crippen LogP contribution in [0.3, 0.4) is 0 Å². The van der Waals surface area contributed by atoms with Crippen LogP contribution in [0.4, 0.5) is 13.2 Å². The number of aliphatic hydroxyl groups is 1. The van der Waals surface area contributed by atoms with Gasteiger partial charge in [0.2, 0.25) is 10.0 Å². The molecular weight excluding hydrogens is 371 g/mol. The molecule has 0 fully saturated rings. The van der Waals surface area contributed by atoms with Gasteiger partial charge in [0.05, 0.1) is 16.8 Å². The lowest BCUT2D eigenvalue weighted by molar-refractivity contribution is -0.137. The van der Waals surface area contributed by atoms with Crippen LogP contribution < -0.4 is 4.72 Å². The molecule has 0 aliphatic heterocycles. The summed E-state index contributed by atoms with van der Waals surface area (Å²) in [5.74, 6) is 0. The zero-order valence-electron chi connectivity index (χ0n) is 9.66. The van der Waals surface area contributed by atoms with Gasteiger partial charge in [-0.2, -0.15) is 13.2 Å². The number of hydrogen-bond donors (Lipinski definition) is 2. The minimum Gasteiger partial charge on any atom is -0.391 e. The minimum atomic E-state index is -4.44. The second-order valence-electron chi connectivity index (χ2n) is 3.85. The molecule has 0 bridgehead atoms. The van der Waals surface area contributed by atoms with Crippen molar-refractivity contribution in [2.45, 2.75) is 37.1 Å². The average molecular weight is 382 g/mol. The Morgan fingerprint density at radius 2 is 2.11 bits per heavy atom. The number of nitrogens with one attached hydrogen (secondary N) is 1. The van der Waals surface area contributed by atoms with E-state index in [4.69, 9.17) is 5.11 Å². The number of rotatable bonds is 5. The Bertz CT molecular complexity index is 541. The Morgan fingerprint density at radius 3 is 2.53 bits per heavy atom. The van der Waals surface area contributed by atoms with E-state index in [2.05, 4.69) is 15.9 Å². The molecule has 0 amide bonds. The molecule has 10 heteroatoms. The molecule has 0 saturated carbocycles. The number of hydrogen-bond acceptors (Lipinski definition) is 4. The molecule has 1 unspecified atom stereocenters. The predicted octanol–water partition coefficient (Wildman–Crippen LogP) is 2.62. The first-order chi connectivity index (χ1) is 8.55. The van der Waals surface area contributed by atoms with E-state index in [0.717, 1.165) is 18.3 Å². The quantitative estimate of drug-likeness (QED) is 0.823. The van der Waals surface area contributed by atoms with Crippen LogP contribution in [0.25, 0.3) is 0 Å². The standard InChI is InChI=1S/C9H11BrF3NO3S2/c1-5(3-9(11,12)13)14-19(16,17)7-2-6(4-15)18-8(7)10/h2,5,14-15H,3-4H2,1H3. The lowest BCUT2D eigenvalue weighted by Crippen LogP contribution is -2.35. The van der Waals surface area contributed by atoms with E-state index in [1.54, 1.807) is 0 Å². The van der Waals surface area contributed by atoms with E-state index in [1.165, 1.54) is 6.07 Å². The molecule has 0 aliphatic rings. The highest BCUT2D eigenvalue weighted by Gasteiger charge is 2.32. The largest absolute Gasteiger partial charge is 0.391 e. The fourth-order valence-electron chi connectivity index (χ4n) is 1.38. The van der Waals surface area contributed by atoms with Gasteiger partial charge >= 0.3 is 6.18 Å². The predicted molar refractivity (Wildman–Crippen MR) is 68.4 cm³/mol. The molecule has 19 heavy (non-hydrogen) atoms. The third-order valence-electron chi connectivity index (χ3n) is 2.05. The topological polar surface area (TPSA) is 66.4 Å². The second-order valence-corrected chi connectivity index (χ2v) is 7.99. The van der Waals surface area contributed by atoms with Crippen LogP contribution in [-0.2, 0) is 16.6 Å². The Kier molecular flexibility index (Phi) is 5.41. The van der Waals surface area contributed by atoms with Crippen LogP contribution in [0.2, 0.25) is 0 Å². The van der Waals surface area contributed by atoms with E-state index in [1.807, 2.05) is 4.72 Å². The molecule has 0 spiro atoms. The highest BCUT2D eigenvalue weighted by Crippen LogP contribution is 2.32. The lowest BCUT2D eigenvalue weighted by atomic mass is 10.2. The van der Waals surface area contributed by atoms with Gasteiger partial charge in [-0.15, -0.1) is 11.3 Å². The summed E-state index contributed by atoms with van der Waals surface area (Å²) in [5.41, 5.74) is 0. The SMILES string of the molecule is CC(CC(F)(F)F)NS(=O)(=O)c1cc(CO)sc1Br. The maximum atomic E-state index is 12.1. The summed E-state index contributed by atoms with van der Waals surface area (Å²) in [4.78, 5) is 0.228. The Hall–Kier alpha value is -0.160. The fraction of sp³-hybridized carbons (Fsp3) is 0.556. The van der Waals surface area contributed by atoms with Gasteiger partial charge in [-0.3, -0.25) is 0 Å². The maximum Gasteiger partial charge on any atom is 0.390 e. The molecule has 1 rings (SSSR count). The monoisotopic (exact) mass is 381 g/mol. The third kappa shape index (κ3) is 5.03. The van der Waals surface area contributed by atoms with E-state index < -0.39 is 28.7 Å². The number of aliphatic hydroxyl groups excluding tert-OH is 1. The van der Waals surface area contributed by atoms with Gasteiger partial charge in [0.1, 0.15) is 4.90 Å². The summed E-state index contributed by atoms with van der Waals surface area (Å²) in [6, 6.07) is -0.0495. The van der Waals surface area contributed by atoms with Crippen LogP contribution >= 0.6 is 27.3 Å². The van der Waals surface area contributed by atoms with E-state index in [0.29, 0.717) is 4.88 Å². The smallest absolute Gasteiger partial charge is 0.390 e. The highest BCUT2D eigenvalue weighted by atomic mass is 79.9. The van der Waals surface area contributed by atoms with Gasteiger partial charge in [-0.1, -0.05) is 0 Å². The average Bonchev–Trinajstić information content (AvgIpc) is 2.56. The van der Waals surface area contributed by atoms with Crippen molar-refractivity contribution in [2.24, 2.45) is 0 Å². The summed E-state index contributed by atoms with van der Waals surface area (Å²) in [6.07, 6.45) is -5.69. The Morgan fingerprint density at radius 1 is 1.53 bits per heavy atom. The molecular formula is C9H11BrF3NO3S2. The molecule has 1 aromatic heterocycles. The van der Waals surface area contributed by atoms with Crippen LogP contribution in [0, 0.1) is 0 Å². The van der Waals surface area contributed by atoms with Crippen LogP contribution in [-0.4, -0.2) is 25.7 Å². The Balaban J connectivity index is 2.89. The number of halogens is 4. The first-order valence-electron chi connectivity index (χ1n) is 5.03. The van der Waals surface area contributed by atoms with Crippen molar-refractivity contribution in [3.63, 3.8) is 0 Å². The van der Waals surface area contributed by atoms with E-state index in [-0.39, 0.29) is 15.3 Å². The molecule has 110 valence electrons. The zero-order chi connectivity index (χ0) is 14.8. The normalized spacial score (nSPS) is 14.6. The lowest BCUT2D eigenvalue weighted by Gasteiger charge is -2.15. The molecule has 0 aliphatic carbocycles. The molecule has 0 saturated heterocycles. The van der Waals surface area contributed by atoms with Gasteiger partial charge in [0.25, 0.3) is 0 Å². The van der Waals surface area contributed by atoms with Crippen molar-refractivity contribution in [2.75, 3.05) is 0 Å². The molecule has 4 nitrogen and oxygen atoms in total. The van der Waals surface area contributed by atoms with Crippen molar-refractivity contribution >= 4 is 37.3 Å². The van der Waals surface area contributed by atoms with Gasteiger partial charge in [-0.25, -0.2) is 13.1 Å². The first-order valence-corrected chi connectivity index (χ1v) is 8.12. The minimum absolute atomic E-state index is 0.171. The summed E-state index contributed by atoms with van der Waals surface area (Å²) in [7, 11) is -4.05. The maximum absolute atomic E-state index is 12.1. The van der Waals surface area contributed by atoms with Crippen LogP contribution in [0.5, 0.6) is 0 Å². The summed E-state index contributed by atoms with van der Waals surface area (Å²) < 4.78 is 62.4. The molecule has 0 aromatic carbocycles. The number of thiophene rings is 1.